The van der Waals surface area contributed by atoms with E-state index in [1.54, 1.807) is 49.6 Å². The van der Waals surface area contributed by atoms with Crippen LogP contribution in [0, 0.1) is 11.3 Å². The van der Waals surface area contributed by atoms with Crippen molar-refractivity contribution in [2.75, 3.05) is 26.6 Å². The number of methoxy groups -OCH3 is 3. The Bertz CT molecular complexity index is 838. The van der Waals surface area contributed by atoms with Gasteiger partial charge in [-0.2, -0.15) is 5.26 Å². The van der Waals surface area contributed by atoms with Gasteiger partial charge in [0.2, 0.25) is 0 Å². The Morgan fingerprint density at radius 2 is 1.76 bits per heavy atom. The molecule has 0 fully saturated rings. The second-order valence-electron chi connectivity index (χ2n) is 4.93. The van der Waals surface area contributed by atoms with Gasteiger partial charge in [0, 0.05) is 11.6 Å². The maximum atomic E-state index is 12.4. The van der Waals surface area contributed by atoms with Crippen molar-refractivity contribution in [2.45, 2.75) is 0 Å². The number of nitrogens with zero attached hydrogens (tertiary/aromatic N) is 1. The number of nitrogens with one attached hydrogen (secondary N) is 1. The van der Waals surface area contributed by atoms with E-state index in [9.17, 15) is 10.1 Å². The van der Waals surface area contributed by atoms with Crippen molar-refractivity contribution < 1.29 is 19.0 Å². The smallest absolute Gasteiger partial charge is 0.266 e. The summed E-state index contributed by atoms with van der Waals surface area (Å²) in [5, 5.41) is 12.0. The van der Waals surface area contributed by atoms with Crippen molar-refractivity contribution in [3.63, 3.8) is 0 Å². The number of benzene rings is 2. The molecule has 0 aliphatic rings. The molecule has 0 spiro atoms. The first kappa shape index (κ1) is 17.9. The Morgan fingerprint density at radius 1 is 1.04 bits per heavy atom. The Balaban J connectivity index is 2.31. The molecule has 0 radical (unpaired) electrons. The average Bonchev–Trinajstić information content (AvgIpc) is 2.66. The van der Waals surface area contributed by atoms with E-state index in [1.165, 1.54) is 20.3 Å². The van der Waals surface area contributed by atoms with Crippen LogP contribution < -0.4 is 19.5 Å². The van der Waals surface area contributed by atoms with E-state index in [-0.39, 0.29) is 5.57 Å². The highest BCUT2D eigenvalue weighted by atomic mass is 16.5. The largest absolute Gasteiger partial charge is 0.497 e. The van der Waals surface area contributed by atoms with Crippen LogP contribution >= 0.6 is 0 Å². The molecule has 6 heteroatoms. The average molecular weight is 338 g/mol. The molecule has 0 aliphatic carbocycles. The first-order valence-corrected chi connectivity index (χ1v) is 7.41. The molecule has 128 valence electrons. The molecule has 2 rings (SSSR count). The van der Waals surface area contributed by atoms with Gasteiger partial charge in [-0.25, -0.2) is 0 Å². The number of rotatable bonds is 6. The zero-order valence-corrected chi connectivity index (χ0v) is 14.2. The van der Waals surface area contributed by atoms with Gasteiger partial charge in [0.15, 0.2) is 0 Å². The lowest BCUT2D eigenvalue weighted by Crippen LogP contribution is -2.14. The van der Waals surface area contributed by atoms with Gasteiger partial charge >= 0.3 is 0 Å². The van der Waals surface area contributed by atoms with Crippen LogP contribution in [-0.4, -0.2) is 27.2 Å². The molecule has 1 amide bonds. The Morgan fingerprint density at radius 3 is 2.40 bits per heavy atom. The number of nitriles is 1. The van der Waals surface area contributed by atoms with E-state index in [4.69, 9.17) is 14.2 Å². The van der Waals surface area contributed by atoms with Crippen molar-refractivity contribution in [3.8, 4) is 23.3 Å². The number of carbonyl (C=O) groups is 1. The van der Waals surface area contributed by atoms with Crippen molar-refractivity contribution in [3.05, 3.63) is 53.6 Å². The van der Waals surface area contributed by atoms with Gasteiger partial charge in [-0.15, -0.1) is 0 Å². The number of para-hydroxylation sites is 2. The van der Waals surface area contributed by atoms with Gasteiger partial charge < -0.3 is 19.5 Å². The third-order valence-corrected chi connectivity index (χ3v) is 3.46. The zero-order chi connectivity index (χ0) is 18.2. The van der Waals surface area contributed by atoms with Gasteiger partial charge in [-0.05, 0) is 30.3 Å². The predicted octanol–water partition coefficient (Wildman–Crippen LogP) is 3.26. The summed E-state index contributed by atoms with van der Waals surface area (Å²) in [5.41, 5.74) is 1.02. The first-order valence-electron chi connectivity index (χ1n) is 7.41. The summed E-state index contributed by atoms with van der Waals surface area (Å²) in [5.74, 6) is 1.09. The van der Waals surface area contributed by atoms with Crippen LogP contribution in [0.15, 0.2) is 48.0 Å². The van der Waals surface area contributed by atoms with Crippen LogP contribution in [0.25, 0.3) is 6.08 Å². The van der Waals surface area contributed by atoms with Gasteiger partial charge in [0.05, 0.1) is 27.0 Å². The molecular weight excluding hydrogens is 320 g/mol. The highest BCUT2D eigenvalue weighted by molar-refractivity contribution is 6.10. The minimum atomic E-state index is -0.537. The second-order valence-corrected chi connectivity index (χ2v) is 4.93. The fraction of sp³-hybridized carbons (Fsp3) is 0.158. The third kappa shape index (κ3) is 4.30. The standard InChI is InChI=1S/C19H18N2O4/c1-23-15-9-8-13(18(11-15)25-3)10-14(12-20)19(22)21-16-6-4-5-7-17(16)24-2/h4-11H,1-3H3,(H,21,22). The molecule has 2 aromatic carbocycles. The maximum absolute atomic E-state index is 12.4. The van der Waals surface area contributed by atoms with Crippen LogP contribution in [0.4, 0.5) is 5.69 Å². The summed E-state index contributed by atoms with van der Waals surface area (Å²) >= 11 is 0. The predicted molar refractivity (Wildman–Crippen MR) is 94.8 cm³/mol. The topological polar surface area (TPSA) is 80.6 Å². The lowest BCUT2D eigenvalue weighted by atomic mass is 10.1. The number of hydrogen-bond donors (Lipinski definition) is 1. The number of amides is 1. The Labute approximate surface area is 146 Å². The van der Waals surface area contributed by atoms with E-state index in [0.29, 0.717) is 28.5 Å². The summed E-state index contributed by atoms with van der Waals surface area (Å²) in [6.45, 7) is 0. The van der Waals surface area contributed by atoms with Crippen LogP contribution in [0.2, 0.25) is 0 Å². The van der Waals surface area contributed by atoms with Crippen molar-refractivity contribution in [1.29, 1.82) is 5.26 Å². The fourth-order valence-electron chi connectivity index (χ4n) is 2.18. The zero-order valence-electron chi connectivity index (χ0n) is 14.2. The van der Waals surface area contributed by atoms with Crippen molar-refractivity contribution >= 4 is 17.7 Å². The molecule has 6 nitrogen and oxygen atoms in total. The maximum Gasteiger partial charge on any atom is 0.266 e. The molecule has 0 atom stereocenters. The van der Waals surface area contributed by atoms with E-state index in [2.05, 4.69) is 5.32 Å². The van der Waals surface area contributed by atoms with Gasteiger partial charge in [0.25, 0.3) is 5.91 Å². The van der Waals surface area contributed by atoms with Crippen molar-refractivity contribution in [2.24, 2.45) is 0 Å². The Hall–Kier alpha value is -3.46. The summed E-state index contributed by atoms with van der Waals surface area (Å²) in [6, 6.07) is 14.0. The Kier molecular flexibility index (Phi) is 6.02. The van der Waals surface area contributed by atoms with E-state index in [0.717, 1.165) is 0 Å². The van der Waals surface area contributed by atoms with E-state index >= 15 is 0 Å². The molecule has 0 aromatic heterocycles. The summed E-state index contributed by atoms with van der Waals surface area (Å²) < 4.78 is 15.6. The minimum absolute atomic E-state index is 0.0608. The first-order chi connectivity index (χ1) is 12.1. The lowest BCUT2D eigenvalue weighted by molar-refractivity contribution is -0.112. The molecule has 0 aliphatic heterocycles. The number of hydrogen-bond acceptors (Lipinski definition) is 5. The number of carbonyl (C=O) groups excluding carboxylic acids is 1. The monoisotopic (exact) mass is 338 g/mol. The van der Waals surface area contributed by atoms with Crippen LogP contribution in [0.3, 0.4) is 0 Å². The molecule has 0 heterocycles. The molecule has 1 N–H and O–H groups in total. The highest BCUT2D eigenvalue weighted by Gasteiger charge is 2.13. The van der Waals surface area contributed by atoms with Crippen LogP contribution in [0.1, 0.15) is 5.56 Å². The summed E-state index contributed by atoms with van der Waals surface area (Å²) in [6.07, 6.45) is 1.46. The second kappa shape index (κ2) is 8.41. The van der Waals surface area contributed by atoms with Crippen molar-refractivity contribution in [1.82, 2.24) is 0 Å². The number of anilines is 1. The van der Waals surface area contributed by atoms with Crippen LogP contribution in [-0.2, 0) is 4.79 Å². The normalized spacial score (nSPS) is 10.6. The van der Waals surface area contributed by atoms with Crippen LogP contribution in [0.5, 0.6) is 17.2 Å². The molecule has 0 saturated heterocycles. The van der Waals surface area contributed by atoms with Gasteiger partial charge in [0.1, 0.15) is 28.9 Å². The molecule has 0 saturated carbocycles. The summed E-state index contributed by atoms with van der Waals surface area (Å²) in [7, 11) is 4.56. The molecule has 0 unspecified atom stereocenters. The molecule has 2 aromatic rings. The van der Waals surface area contributed by atoms with E-state index < -0.39 is 5.91 Å². The number of ether oxygens (including phenoxy) is 3. The quantitative estimate of drug-likeness (QED) is 0.646. The van der Waals surface area contributed by atoms with Gasteiger partial charge in [-0.1, -0.05) is 12.1 Å². The minimum Gasteiger partial charge on any atom is -0.497 e. The SMILES string of the molecule is COc1ccc(C=C(C#N)C(=O)Nc2ccccc2OC)c(OC)c1. The molecular formula is C19H18N2O4. The molecule has 25 heavy (non-hydrogen) atoms. The highest BCUT2D eigenvalue weighted by Crippen LogP contribution is 2.27. The summed E-state index contributed by atoms with van der Waals surface area (Å²) in [4.78, 5) is 12.4. The molecule has 0 bridgehead atoms. The van der Waals surface area contributed by atoms with E-state index in [1.807, 2.05) is 6.07 Å². The van der Waals surface area contributed by atoms with Gasteiger partial charge in [-0.3, -0.25) is 4.79 Å². The third-order valence-electron chi connectivity index (χ3n) is 3.46. The fourth-order valence-corrected chi connectivity index (χ4v) is 2.18. The lowest BCUT2D eigenvalue weighted by Gasteiger charge is -2.10.